The summed E-state index contributed by atoms with van der Waals surface area (Å²) in [6.07, 6.45) is 42.4. The van der Waals surface area contributed by atoms with Crippen molar-refractivity contribution in [3.05, 3.63) is 324 Å². The SMILES string of the molecule is C.CCCCC1(CCCC)c2cc(C#Cc3sc(/C=C/c4ccc(N(CC)CCC)cc4)c4c3OCCO4)ccc2-c2ccc(C#Cc3sc(/C=C/c4ccc(N(CC)CCO)cc4)c4c3OCCO4)cc21.CCCCCCN(CCCCCC)c1ccc(/C=C/c2ccc(C#Cc3ccc4c(c3)C(CCCC)(CCCC)c3cc(C#Cc5ccc(/C=C/c6ccc(N(CC)CCOc7ccc(O)cc7)cc6)s5)ccc3-4)s2)cc1. The third-order valence-electron chi connectivity index (χ3n) is 28.8. The van der Waals surface area contributed by atoms with Gasteiger partial charge in [-0.2, -0.15) is 0 Å². The van der Waals surface area contributed by atoms with Gasteiger partial charge in [-0.3, -0.25) is 0 Å². The van der Waals surface area contributed by atoms with Crippen molar-refractivity contribution < 1.29 is 33.9 Å². The molecule has 9 aromatic carbocycles. The molecule has 13 aromatic rings. The molecule has 2 N–H and O–H groups in total. The van der Waals surface area contributed by atoms with Crippen LogP contribution in [0.25, 0.3) is 70.9 Å². The van der Waals surface area contributed by atoms with Gasteiger partial charge in [-0.25, -0.2) is 0 Å². The number of likely N-dealkylation sites (N-methyl/N-ethyl adjacent to an activating group) is 2. The molecule has 0 spiro atoms. The Morgan fingerprint density at radius 2 is 0.644 bits per heavy atom. The quantitative estimate of drug-likeness (QED) is 0.0282. The summed E-state index contributed by atoms with van der Waals surface area (Å²) in [5.41, 5.74) is 24.3. The molecule has 2 aliphatic heterocycles. The first-order valence-corrected chi connectivity index (χ1v) is 57.8. The number of fused-ring (bicyclic) bond motifs is 8. The number of unbranched alkanes of at least 4 members (excludes halogenated alkanes) is 10. The summed E-state index contributed by atoms with van der Waals surface area (Å²) in [6, 6.07) is 78.3. The van der Waals surface area contributed by atoms with Crippen LogP contribution in [0, 0.1) is 47.4 Å². The highest BCUT2D eigenvalue weighted by Crippen LogP contribution is 2.57. The number of aliphatic hydroxyl groups is 1. The van der Waals surface area contributed by atoms with Gasteiger partial charge in [0.25, 0.3) is 0 Å². The highest BCUT2D eigenvalue weighted by molar-refractivity contribution is 7.15. The number of benzene rings is 9. The molecule has 15 heteroatoms. The predicted octanol–water partition coefficient (Wildman–Crippen LogP) is 34.0. The van der Waals surface area contributed by atoms with E-state index in [4.69, 9.17) is 23.7 Å². The lowest BCUT2D eigenvalue weighted by Gasteiger charge is -2.33. The maximum absolute atomic E-state index is 9.56. The molecule has 149 heavy (non-hydrogen) atoms. The highest BCUT2D eigenvalue weighted by Gasteiger charge is 2.44. The number of phenolic OH excluding ortho intramolecular Hbond substituents is 1. The van der Waals surface area contributed by atoms with E-state index in [0.717, 1.165) is 219 Å². The summed E-state index contributed by atoms with van der Waals surface area (Å²) in [5, 5.41) is 19.0. The molecule has 0 fully saturated rings. The number of aromatic hydroxyl groups is 1. The number of nitrogens with zero attached hydrogens (tertiary/aromatic N) is 4. The second-order valence-corrected chi connectivity index (χ2v) is 43.3. The van der Waals surface area contributed by atoms with Gasteiger partial charge in [0.2, 0.25) is 0 Å². The van der Waals surface area contributed by atoms with E-state index in [-0.39, 0.29) is 30.6 Å². The minimum Gasteiger partial charge on any atom is -0.508 e. The van der Waals surface area contributed by atoms with Crippen LogP contribution >= 0.6 is 45.3 Å². The lowest BCUT2D eigenvalue weighted by molar-refractivity contribution is 0.173. The fourth-order valence-electron chi connectivity index (χ4n) is 20.7. The van der Waals surface area contributed by atoms with Crippen molar-refractivity contribution in [1.82, 2.24) is 0 Å². The van der Waals surface area contributed by atoms with Crippen molar-refractivity contribution in [1.29, 1.82) is 0 Å². The second-order valence-electron chi connectivity index (χ2n) is 38.9. The molecule has 0 bridgehead atoms. The summed E-state index contributed by atoms with van der Waals surface area (Å²) in [5.74, 6) is 32.5. The van der Waals surface area contributed by atoms with Gasteiger partial charge in [0.15, 0.2) is 23.0 Å². The van der Waals surface area contributed by atoms with Crippen molar-refractivity contribution in [2.75, 3.05) is 112 Å². The van der Waals surface area contributed by atoms with Crippen LogP contribution in [0.3, 0.4) is 0 Å². The Kier molecular flexibility index (Phi) is 41.0. The number of phenols is 1. The lowest BCUT2D eigenvalue weighted by Crippen LogP contribution is -2.27. The Morgan fingerprint density at radius 3 is 0.993 bits per heavy atom. The first-order valence-electron chi connectivity index (χ1n) is 54.6. The van der Waals surface area contributed by atoms with Crippen molar-refractivity contribution in [3.8, 4) is 104 Å². The molecule has 0 amide bonds. The molecule has 4 aliphatic rings. The van der Waals surface area contributed by atoms with E-state index in [2.05, 4.69) is 379 Å². The van der Waals surface area contributed by atoms with E-state index in [1.54, 1.807) is 69.6 Å². The minimum atomic E-state index is -0.144. The largest absolute Gasteiger partial charge is 0.508 e. The Balaban J connectivity index is 0.000000222. The van der Waals surface area contributed by atoms with E-state index < -0.39 is 0 Å². The Labute approximate surface area is 905 Å². The zero-order chi connectivity index (χ0) is 103. The van der Waals surface area contributed by atoms with E-state index in [1.165, 1.54) is 141 Å². The van der Waals surface area contributed by atoms with Gasteiger partial charge < -0.3 is 53.5 Å². The van der Waals surface area contributed by atoms with Crippen LogP contribution in [0.15, 0.2) is 218 Å². The van der Waals surface area contributed by atoms with Crippen molar-refractivity contribution in [3.63, 3.8) is 0 Å². The van der Waals surface area contributed by atoms with E-state index >= 15 is 0 Å². The maximum Gasteiger partial charge on any atom is 0.188 e. The van der Waals surface area contributed by atoms with Crippen LogP contribution in [0.1, 0.15) is 317 Å². The summed E-state index contributed by atoms with van der Waals surface area (Å²) in [6.45, 7) is 32.7. The third-order valence-corrected chi connectivity index (χ3v) is 32.8. The van der Waals surface area contributed by atoms with Gasteiger partial charge >= 0.3 is 0 Å². The van der Waals surface area contributed by atoms with Gasteiger partial charge in [0.05, 0.1) is 32.7 Å². The van der Waals surface area contributed by atoms with Crippen LogP contribution in [-0.4, -0.2) is 102 Å². The molecular formula is C134H150N4O7S4. The summed E-state index contributed by atoms with van der Waals surface area (Å²) in [4.78, 5) is 17.8. The van der Waals surface area contributed by atoms with Crippen molar-refractivity contribution in [2.45, 2.75) is 222 Å². The molecule has 772 valence electrons. The molecule has 0 saturated carbocycles. The van der Waals surface area contributed by atoms with Gasteiger partial charge in [-0.15, -0.1) is 45.3 Å². The fourth-order valence-corrected chi connectivity index (χ4v) is 24.2. The number of rotatable bonds is 45. The first kappa shape index (κ1) is 110. The first-order chi connectivity index (χ1) is 72.7. The Bertz CT molecular complexity index is 6740. The van der Waals surface area contributed by atoms with Crippen LogP contribution in [0.5, 0.6) is 34.5 Å². The zero-order valence-corrected chi connectivity index (χ0v) is 91.8. The molecule has 2 aliphatic carbocycles. The van der Waals surface area contributed by atoms with Crippen LogP contribution in [0.4, 0.5) is 22.7 Å². The smallest absolute Gasteiger partial charge is 0.188 e. The standard InChI is InChI=1S/C71H80N2O2S2.C62H66N2O5S2.CH4/c1-6-11-15-17-49-73(50-18-16-12-7-2)60-31-21-56(22-32-60)24-38-64-42-44-66(77-64)40-26-58-28-46-68-67-45-27-57(53-69(67)71(47-13-8-3,48-14-9-4)70(68)54-58)25-39-65-43-41-63(76-65)37-23-55-19-29-59(30-20-55)72(10-5)51-52-75-62-35-33-61(74)34-36-62;1-6-11-33-62(34-12-7-2)52-42-46(21-31-56-60-58(66-38-40-68-60)54(70-56)29-19-44-13-23-48(24-14-44)63(9-4)35-8-3)17-27-50(52)51-28-18-47(43-53(51)62)22-32-57-61-59(67-39-41-69-61)55(71-57)30-20-45-15-25-49(26-16-45)64(10-5)36-37-65;/h19-24,27-38,41-46,53-54,74H,6-18,47-52H2,1-5H3;13-20,23-30,42-43,65H,6-12,33-41H2,1-5H3;1H4/b37-23+,38-24+;29-19+,30-20+;. The molecule has 11 nitrogen and oxygen atoms in total. The number of aliphatic hydroxyl groups excluding tert-OH is 1. The van der Waals surface area contributed by atoms with Crippen LogP contribution in [0.2, 0.25) is 0 Å². The average Bonchev–Trinajstić information content (AvgIpc) is 1.56. The Morgan fingerprint density at radius 1 is 0.309 bits per heavy atom. The molecule has 4 aromatic heterocycles. The molecule has 0 saturated heterocycles. The normalized spacial score (nSPS) is 13.0. The number of hydrogen-bond donors (Lipinski definition) is 2. The van der Waals surface area contributed by atoms with E-state index in [1.807, 2.05) is 0 Å². The monoisotopic (exact) mass is 2060 g/mol. The van der Waals surface area contributed by atoms with Gasteiger partial charge in [-0.05, 0) is 314 Å². The fraction of sp³-hybridized carbons (Fsp3) is 0.358. The minimum absolute atomic E-state index is 0. The topological polar surface area (TPSA) is 99.6 Å². The lowest BCUT2D eigenvalue weighted by atomic mass is 9.70. The summed E-state index contributed by atoms with van der Waals surface area (Å²) >= 11 is 6.73. The third kappa shape index (κ3) is 28.2. The summed E-state index contributed by atoms with van der Waals surface area (Å²) in [7, 11) is 0. The Hall–Kier alpha value is -13.1. The zero-order valence-electron chi connectivity index (χ0n) is 88.5. The molecule has 0 radical (unpaired) electrons. The van der Waals surface area contributed by atoms with Crippen LogP contribution < -0.4 is 43.3 Å². The van der Waals surface area contributed by atoms with E-state index in [0.29, 0.717) is 39.6 Å². The average molecular weight is 2060 g/mol. The van der Waals surface area contributed by atoms with Gasteiger partial charge in [0, 0.05) is 111 Å². The molecule has 0 atom stereocenters. The van der Waals surface area contributed by atoms with Crippen molar-refractivity contribution >= 4 is 117 Å². The van der Waals surface area contributed by atoms with Crippen molar-refractivity contribution in [2.24, 2.45) is 0 Å². The number of hydrogen-bond acceptors (Lipinski definition) is 15. The van der Waals surface area contributed by atoms with Gasteiger partial charge in [0.1, 0.15) is 54.3 Å². The van der Waals surface area contributed by atoms with Gasteiger partial charge in [-0.1, -0.05) is 278 Å². The molecular weight excluding hydrogens is 1910 g/mol. The maximum atomic E-state index is 9.56. The number of ether oxygens (including phenoxy) is 5. The highest BCUT2D eigenvalue weighted by atomic mass is 32.1. The number of anilines is 4. The molecule has 6 heterocycles. The summed E-state index contributed by atoms with van der Waals surface area (Å²) < 4.78 is 30.8. The molecule has 17 rings (SSSR count). The predicted molar refractivity (Wildman–Crippen MR) is 640 cm³/mol. The van der Waals surface area contributed by atoms with E-state index in [9.17, 15) is 10.2 Å². The molecule has 0 unspecified atom stereocenters. The van der Waals surface area contributed by atoms with Crippen LogP contribution in [-0.2, 0) is 10.8 Å². The second kappa shape index (κ2) is 55.5. The number of thiophene rings is 4.